The van der Waals surface area contributed by atoms with Gasteiger partial charge in [-0.1, -0.05) is 23.7 Å². The van der Waals surface area contributed by atoms with Crippen LogP contribution in [0.4, 0.5) is 5.69 Å². The number of halogens is 1. The van der Waals surface area contributed by atoms with Crippen LogP contribution in [0.15, 0.2) is 48.8 Å². The summed E-state index contributed by atoms with van der Waals surface area (Å²) < 4.78 is 0. The average Bonchev–Trinajstić information content (AvgIpc) is 2.38. The summed E-state index contributed by atoms with van der Waals surface area (Å²) in [6.07, 6.45) is 3.54. The fourth-order valence-corrected chi connectivity index (χ4v) is 1.81. The normalized spacial score (nSPS) is 9.83. The fraction of sp³-hybridized carbons (Fsp3) is 0.0769. The number of hydrogen-bond acceptors (Lipinski definition) is 2. The van der Waals surface area contributed by atoms with Gasteiger partial charge in [-0.15, -0.1) is 0 Å². The minimum Gasteiger partial charge on any atom is -0.358 e. The van der Waals surface area contributed by atoms with Crippen LogP contribution in [0.25, 0.3) is 0 Å². The third-order valence-electron chi connectivity index (χ3n) is 2.26. The molecule has 1 aromatic carbocycles. The van der Waals surface area contributed by atoms with E-state index < -0.39 is 0 Å². The minimum absolute atomic E-state index is 0.557. The van der Waals surface area contributed by atoms with E-state index in [-0.39, 0.29) is 0 Å². The standard InChI is InChI=1S/C13H12ClN3S/c14-11-4-1-5-12(7-11)17-13(18)16-9-10-3-2-6-15-8-10/h1-8H,9H2,(H2,16,17,18). The lowest BCUT2D eigenvalue weighted by Crippen LogP contribution is -2.27. The Balaban J connectivity index is 1.86. The van der Waals surface area contributed by atoms with E-state index in [1.807, 2.05) is 36.4 Å². The maximum absolute atomic E-state index is 5.89. The maximum atomic E-state index is 5.89. The van der Waals surface area contributed by atoms with E-state index in [1.165, 1.54) is 0 Å². The Hall–Kier alpha value is -1.65. The molecule has 0 atom stereocenters. The molecule has 0 radical (unpaired) electrons. The van der Waals surface area contributed by atoms with Gasteiger partial charge >= 0.3 is 0 Å². The molecule has 0 spiro atoms. The highest BCUT2D eigenvalue weighted by Crippen LogP contribution is 2.14. The number of thiocarbonyl (C=S) groups is 1. The van der Waals surface area contributed by atoms with Gasteiger partial charge in [0.2, 0.25) is 0 Å². The number of pyridine rings is 1. The molecule has 0 saturated heterocycles. The fourth-order valence-electron chi connectivity index (χ4n) is 1.43. The van der Waals surface area contributed by atoms with Crippen molar-refractivity contribution < 1.29 is 0 Å². The van der Waals surface area contributed by atoms with E-state index in [4.69, 9.17) is 23.8 Å². The molecule has 0 aliphatic rings. The molecule has 18 heavy (non-hydrogen) atoms. The number of anilines is 1. The monoisotopic (exact) mass is 277 g/mol. The van der Waals surface area contributed by atoms with E-state index in [0.29, 0.717) is 16.7 Å². The summed E-state index contributed by atoms with van der Waals surface area (Å²) in [7, 11) is 0. The van der Waals surface area contributed by atoms with Crippen molar-refractivity contribution in [2.45, 2.75) is 6.54 Å². The van der Waals surface area contributed by atoms with Crippen molar-refractivity contribution in [2.24, 2.45) is 0 Å². The second-order valence-corrected chi connectivity index (χ2v) is 4.52. The third-order valence-corrected chi connectivity index (χ3v) is 2.74. The molecule has 0 saturated carbocycles. The molecule has 0 bridgehead atoms. The van der Waals surface area contributed by atoms with Crippen molar-refractivity contribution in [1.29, 1.82) is 0 Å². The molecule has 5 heteroatoms. The van der Waals surface area contributed by atoms with Crippen molar-refractivity contribution in [3.8, 4) is 0 Å². The second-order valence-electron chi connectivity index (χ2n) is 3.68. The maximum Gasteiger partial charge on any atom is 0.171 e. The summed E-state index contributed by atoms with van der Waals surface area (Å²) in [5.41, 5.74) is 1.94. The second kappa shape index (κ2) is 6.33. The zero-order valence-electron chi connectivity index (χ0n) is 9.56. The zero-order valence-corrected chi connectivity index (χ0v) is 11.1. The molecule has 1 heterocycles. The van der Waals surface area contributed by atoms with Crippen molar-refractivity contribution in [3.05, 3.63) is 59.4 Å². The number of hydrogen-bond donors (Lipinski definition) is 2. The Morgan fingerprint density at radius 2 is 2.17 bits per heavy atom. The Labute approximate surface area is 116 Å². The molecule has 0 amide bonds. The van der Waals surface area contributed by atoms with Gasteiger partial charge in [0.05, 0.1) is 0 Å². The van der Waals surface area contributed by atoms with Crippen LogP contribution >= 0.6 is 23.8 Å². The van der Waals surface area contributed by atoms with Crippen LogP contribution in [0, 0.1) is 0 Å². The number of benzene rings is 1. The molecule has 2 rings (SSSR count). The van der Waals surface area contributed by atoms with E-state index >= 15 is 0 Å². The first-order chi connectivity index (χ1) is 8.74. The largest absolute Gasteiger partial charge is 0.358 e. The van der Waals surface area contributed by atoms with E-state index in [9.17, 15) is 0 Å². The molecule has 1 aromatic heterocycles. The van der Waals surface area contributed by atoms with Crippen LogP contribution in [0.5, 0.6) is 0 Å². The van der Waals surface area contributed by atoms with Crippen molar-refractivity contribution in [3.63, 3.8) is 0 Å². The first-order valence-corrected chi connectivity index (χ1v) is 6.22. The number of nitrogens with one attached hydrogen (secondary N) is 2. The Morgan fingerprint density at radius 1 is 1.28 bits per heavy atom. The molecular weight excluding hydrogens is 266 g/mol. The summed E-state index contributed by atoms with van der Waals surface area (Å²) in [4.78, 5) is 4.04. The quantitative estimate of drug-likeness (QED) is 0.845. The highest BCUT2D eigenvalue weighted by molar-refractivity contribution is 7.80. The molecule has 3 nitrogen and oxygen atoms in total. The Morgan fingerprint density at radius 3 is 2.89 bits per heavy atom. The molecule has 0 fully saturated rings. The Kier molecular flexibility index (Phi) is 4.50. The Bertz CT molecular complexity index is 531. The van der Waals surface area contributed by atoms with Gasteiger partial charge in [0.25, 0.3) is 0 Å². The van der Waals surface area contributed by atoms with E-state index in [0.717, 1.165) is 11.3 Å². The van der Waals surface area contributed by atoms with Crippen molar-refractivity contribution in [2.75, 3.05) is 5.32 Å². The van der Waals surface area contributed by atoms with Gasteiger partial charge in [-0.25, -0.2) is 0 Å². The molecular formula is C13H12ClN3S. The summed E-state index contributed by atoms with van der Waals surface area (Å²) in [6.45, 7) is 0.639. The van der Waals surface area contributed by atoms with E-state index in [1.54, 1.807) is 12.4 Å². The van der Waals surface area contributed by atoms with Crippen LogP contribution in [-0.4, -0.2) is 10.1 Å². The first kappa shape index (κ1) is 12.8. The minimum atomic E-state index is 0.557. The van der Waals surface area contributed by atoms with Gasteiger partial charge in [-0.05, 0) is 42.0 Å². The molecule has 92 valence electrons. The molecule has 0 aliphatic carbocycles. The third kappa shape index (κ3) is 3.98. The number of nitrogens with zero attached hydrogens (tertiary/aromatic N) is 1. The van der Waals surface area contributed by atoms with E-state index in [2.05, 4.69) is 15.6 Å². The van der Waals surface area contributed by atoms with Gasteiger partial charge in [-0.3, -0.25) is 4.98 Å². The molecule has 0 aliphatic heterocycles. The topological polar surface area (TPSA) is 37.0 Å². The lowest BCUT2D eigenvalue weighted by molar-refractivity contribution is 0.916. The average molecular weight is 278 g/mol. The van der Waals surface area contributed by atoms with Gasteiger partial charge < -0.3 is 10.6 Å². The van der Waals surface area contributed by atoms with Gasteiger partial charge in [0.1, 0.15) is 0 Å². The van der Waals surface area contributed by atoms with Crippen LogP contribution in [-0.2, 0) is 6.54 Å². The highest BCUT2D eigenvalue weighted by Gasteiger charge is 1.98. The lowest BCUT2D eigenvalue weighted by Gasteiger charge is -2.10. The molecule has 2 N–H and O–H groups in total. The SMILES string of the molecule is S=C(NCc1cccnc1)Nc1cccc(Cl)c1. The van der Waals surface area contributed by atoms with Crippen molar-refractivity contribution >= 4 is 34.6 Å². The predicted octanol–water partition coefficient (Wildman–Crippen LogP) is 3.22. The summed E-state index contributed by atoms with van der Waals surface area (Å²) >= 11 is 11.1. The van der Waals surface area contributed by atoms with Crippen LogP contribution < -0.4 is 10.6 Å². The predicted molar refractivity (Wildman–Crippen MR) is 78.7 cm³/mol. The first-order valence-electron chi connectivity index (χ1n) is 5.43. The number of aromatic nitrogens is 1. The summed E-state index contributed by atoms with van der Waals surface area (Å²) in [6, 6.07) is 11.3. The number of rotatable bonds is 3. The molecule has 0 unspecified atom stereocenters. The summed E-state index contributed by atoms with van der Waals surface area (Å²) in [5.74, 6) is 0. The molecule has 2 aromatic rings. The van der Waals surface area contributed by atoms with Crippen LogP contribution in [0.3, 0.4) is 0 Å². The van der Waals surface area contributed by atoms with Crippen LogP contribution in [0.2, 0.25) is 5.02 Å². The lowest BCUT2D eigenvalue weighted by atomic mass is 10.3. The zero-order chi connectivity index (χ0) is 12.8. The smallest absolute Gasteiger partial charge is 0.171 e. The van der Waals surface area contributed by atoms with Crippen molar-refractivity contribution in [1.82, 2.24) is 10.3 Å². The summed E-state index contributed by atoms with van der Waals surface area (Å²) in [5, 5.41) is 7.41. The van der Waals surface area contributed by atoms with Gasteiger partial charge in [-0.2, -0.15) is 0 Å². The highest BCUT2D eigenvalue weighted by atomic mass is 35.5. The van der Waals surface area contributed by atoms with Crippen LogP contribution in [0.1, 0.15) is 5.56 Å². The van der Waals surface area contributed by atoms with Gasteiger partial charge in [0, 0.05) is 29.6 Å². The van der Waals surface area contributed by atoms with Gasteiger partial charge in [0.15, 0.2) is 5.11 Å².